The predicted octanol–water partition coefficient (Wildman–Crippen LogP) is 1.56. The second-order valence-corrected chi connectivity index (χ2v) is 6.51. The molecule has 2 aromatic rings. The van der Waals surface area contributed by atoms with Gasteiger partial charge in [0.1, 0.15) is 18.3 Å². The number of hydrogen-bond donors (Lipinski definition) is 3. The first-order valence-electron chi connectivity index (χ1n) is 6.09. The van der Waals surface area contributed by atoms with Crippen LogP contribution in [0.5, 0.6) is 0 Å². The molecule has 1 aliphatic heterocycles. The number of aromatic nitrogens is 2. The predicted molar refractivity (Wildman–Crippen MR) is 85.5 cm³/mol. The Morgan fingerprint density at radius 3 is 2.52 bits per heavy atom. The van der Waals surface area contributed by atoms with Gasteiger partial charge in [0.05, 0.1) is 27.7 Å². The van der Waals surface area contributed by atoms with Crippen molar-refractivity contribution in [1.82, 2.24) is 9.55 Å². The van der Waals surface area contributed by atoms with Crippen LogP contribution in [0, 0.1) is 3.83 Å². The number of aliphatic hydroxyl groups excluding tert-OH is 3. The maximum atomic E-state index is 10.1. The maximum absolute atomic E-state index is 10.1. The van der Waals surface area contributed by atoms with E-state index in [1.165, 1.54) is 0 Å². The van der Waals surface area contributed by atoms with Gasteiger partial charge < -0.3 is 20.1 Å². The van der Waals surface area contributed by atoms with Crippen LogP contribution in [-0.2, 0) is 4.74 Å². The minimum absolute atomic E-state index is 0.355. The molecular formula is C12H11Cl2IN2O4. The molecule has 3 rings (SSSR count). The second-order valence-electron chi connectivity index (χ2n) is 4.73. The van der Waals surface area contributed by atoms with Gasteiger partial charge in [0, 0.05) is 22.6 Å². The van der Waals surface area contributed by atoms with E-state index < -0.39 is 24.5 Å². The Labute approximate surface area is 143 Å². The molecule has 0 spiro atoms. The molecule has 1 aromatic carbocycles. The molecule has 3 N–H and O–H groups in total. The summed E-state index contributed by atoms with van der Waals surface area (Å²) in [4.78, 5) is 4.34. The average molecular weight is 445 g/mol. The average Bonchev–Trinajstić information content (AvgIpc) is 2.89. The van der Waals surface area contributed by atoms with Crippen molar-refractivity contribution >= 4 is 56.8 Å². The molecule has 2 heterocycles. The van der Waals surface area contributed by atoms with Crippen LogP contribution in [0.2, 0.25) is 10.0 Å². The van der Waals surface area contributed by atoms with E-state index in [1.807, 2.05) is 22.6 Å². The van der Waals surface area contributed by atoms with E-state index in [4.69, 9.17) is 27.9 Å². The highest BCUT2D eigenvalue weighted by molar-refractivity contribution is 14.1. The van der Waals surface area contributed by atoms with Crippen molar-refractivity contribution in [3.05, 3.63) is 26.0 Å². The molecule has 1 aromatic heterocycles. The lowest BCUT2D eigenvalue weighted by molar-refractivity contribution is -0.0520. The molecule has 0 radical (unpaired) electrons. The molecule has 4 atom stereocenters. The zero-order chi connectivity index (χ0) is 15.3. The van der Waals surface area contributed by atoms with Crippen molar-refractivity contribution < 1.29 is 20.1 Å². The summed E-state index contributed by atoms with van der Waals surface area (Å²) in [5.74, 6) is 0. The molecule has 0 unspecified atom stereocenters. The SMILES string of the molecule is OC[C@H]1O[C@@H](n2c(I)nc3cc(Cl)c(Cl)cc32)[C@H](O)[C@@H]1O. The number of halogens is 3. The van der Waals surface area contributed by atoms with Crippen molar-refractivity contribution in [2.45, 2.75) is 24.5 Å². The van der Waals surface area contributed by atoms with Crippen molar-refractivity contribution in [2.75, 3.05) is 6.61 Å². The van der Waals surface area contributed by atoms with Gasteiger partial charge in [-0.3, -0.25) is 4.57 Å². The number of hydrogen-bond acceptors (Lipinski definition) is 5. The highest BCUT2D eigenvalue weighted by Gasteiger charge is 2.44. The first kappa shape index (κ1) is 15.7. The normalized spacial score (nSPS) is 29.4. The third-order valence-electron chi connectivity index (χ3n) is 3.46. The first-order chi connectivity index (χ1) is 9.93. The third-order valence-corrected chi connectivity index (χ3v) is 4.94. The van der Waals surface area contributed by atoms with Gasteiger partial charge in [-0.25, -0.2) is 4.98 Å². The van der Waals surface area contributed by atoms with Crippen LogP contribution in [0.4, 0.5) is 0 Å². The summed E-state index contributed by atoms with van der Waals surface area (Å²) in [6, 6.07) is 3.25. The van der Waals surface area contributed by atoms with Crippen LogP contribution in [0.15, 0.2) is 12.1 Å². The standard InChI is InChI=1S/C12H11Cl2IN2O4/c13-4-1-6-7(2-5(4)14)17(12(15)16-6)11-10(20)9(19)8(3-18)21-11/h1-2,8-11,18-20H,3H2/t8-,9-,10-,11-/m1/s1. The summed E-state index contributed by atoms with van der Waals surface area (Å²) in [5, 5.41) is 29.9. The number of fused-ring (bicyclic) bond motifs is 1. The Morgan fingerprint density at radius 1 is 1.24 bits per heavy atom. The van der Waals surface area contributed by atoms with Gasteiger partial charge in [-0.05, 0) is 12.1 Å². The van der Waals surface area contributed by atoms with Crippen molar-refractivity contribution in [3.63, 3.8) is 0 Å². The zero-order valence-corrected chi connectivity index (χ0v) is 14.1. The fraction of sp³-hybridized carbons (Fsp3) is 0.417. The lowest BCUT2D eigenvalue weighted by Crippen LogP contribution is -2.33. The minimum atomic E-state index is -1.18. The smallest absolute Gasteiger partial charge is 0.174 e. The van der Waals surface area contributed by atoms with Crippen LogP contribution in [0.3, 0.4) is 0 Å². The molecule has 114 valence electrons. The number of aliphatic hydroxyl groups is 3. The van der Waals surface area contributed by atoms with E-state index in [-0.39, 0.29) is 6.61 Å². The number of nitrogens with zero attached hydrogens (tertiary/aromatic N) is 2. The summed E-state index contributed by atoms with van der Waals surface area (Å²) in [6.07, 6.45) is -4.05. The van der Waals surface area contributed by atoms with Crippen molar-refractivity contribution in [1.29, 1.82) is 0 Å². The summed E-state index contributed by atoms with van der Waals surface area (Å²) in [5.41, 5.74) is 1.23. The minimum Gasteiger partial charge on any atom is -0.394 e. The summed E-state index contributed by atoms with van der Waals surface area (Å²) in [7, 11) is 0. The fourth-order valence-electron chi connectivity index (χ4n) is 2.40. The monoisotopic (exact) mass is 444 g/mol. The lowest BCUT2D eigenvalue weighted by atomic mass is 10.1. The van der Waals surface area contributed by atoms with Crippen LogP contribution in [0.1, 0.15) is 6.23 Å². The molecular weight excluding hydrogens is 434 g/mol. The van der Waals surface area contributed by atoms with E-state index in [0.717, 1.165) is 0 Å². The molecule has 0 aliphatic carbocycles. The summed E-state index contributed by atoms with van der Waals surface area (Å²) >= 11 is 14.0. The van der Waals surface area contributed by atoms with Gasteiger partial charge >= 0.3 is 0 Å². The van der Waals surface area contributed by atoms with E-state index in [9.17, 15) is 15.3 Å². The van der Waals surface area contributed by atoms with Crippen LogP contribution in [0.25, 0.3) is 11.0 Å². The van der Waals surface area contributed by atoms with Gasteiger partial charge in [0.2, 0.25) is 0 Å². The van der Waals surface area contributed by atoms with E-state index in [2.05, 4.69) is 4.98 Å². The topological polar surface area (TPSA) is 87.7 Å². The molecule has 1 fully saturated rings. The molecule has 9 heteroatoms. The Hall–Kier alpha value is -0.160. The van der Waals surface area contributed by atoms with Crippen molar-refractivity contribution in [3.8, 4) is 0 Å². The Balaban J connectivity index is 2.12. The van der Waals surface area contributed by atoms with E-state index in [1.54, 1.807) is 16.7 Å². The molecule has 0 amide bonds. The van der Waals surface area contributed by atoms with Crippen LogP contribution < -0.4 is 0 Å². The maximum Gasteiger partial charge on any atom is 0.174 e. The van der Waals surface area contributed by atoms with Gasteiger partial charge in [0.15, 0.2) is 10.1 Å². The molecule has 0 saturated carbocycles. The quantitative estimate of drug-likeness (QED) is 0.612. The molecule has 21 heavy (non-hydrogen) atoms. The Kier molecular flexibility index (Phi) is 4.34. The molecule has 1 aliphatic rings. The van der Waals surface area contributed by atoms with Gasteiger partial charge in [-0.15, -0.1) is 0 Å². The zero-order valence-electron chi connectivity index (χ0n) is 10.4. The summed E-state index contributed by atoms with van der Waals surface area (Å²) in [6.45, 7) is -0.384. The largest absolute Gasteiger partial charge is 0.394 e. The van der Waals surface area contributed by atoms with Crippen molar-refractivity contribution in [2.24, 2.45) is 0 Å². The van der Waals surface area contributed by atoms with Gasteiger partial charge in [0.25, 0.3) is 0 Å². The van der Waals surface area contributed by atoms with Gasteiger partial charge in [-0.2, -0.15) is 0 Å². The molecule has 1 saturated heterocycles. The van der Waals surface area contributed by atoms with E-state index >= 15 is 0 Å². The number of imidazole rings is 1. The third kappa shape index (κ3) is 2.54. The molecule has 6 nitrogen and oxygen atoms in total. The summed E-state index contributed by atoms with van der Waals surface area (Å²) < 4.78 is 7.71. The van der Waals surface area contributed by atoms with Gasteiger partial charge in [-0.1, -0.05) is 23.2 Å². The Bertz CT molecular complexity index is 695. The number of rotatable bonds is 2. The Morgan fingerprint density at radius 2 is 1.90 bits per heavy atom. The lowest BCUT2D eigenvalue weighted by Gasteiger charge is -2.18. The fourth-order valence-corrected chi connectivity index (χ4v) is 3.51. The second kappa shape index (κ2) is 5.80. The number of benzene rings is 1. The van der Waals surface area contributed by atoms with Crippen LogP contribution in [-0.4, -0.2) is 49.8 Å². The van der Waals surface area contributed by atoms with Crippen LogP contribution >= 0.6 is 45.8 Å². The molecule has 0 bridgehead atoms. The van der Waals surface area contributed by atoms with E-state index in [0.29, 0.717) is 24.9 Å². The highest BCUT2D eigenvalue weighted by atomic mass is 127. The number of ether oxygens (including phenoxy) is 1. The highest BCUT2D eigenvalue weighted by Crippen LogP contribution is 2.36. The first-order valence-corrected chi connectivity index (χ1v) is 7.92.